The van der Waals surface area contributed by atoms with Crippen LogP contribution in [0.15, 0.2) is 36.4 Å². The van der Waals surface area contributed by atoms with Gasteiger partial charge in [-0.2, -0.15) is 0 Å². The number of rotatable bonds is 4. The third-order valence-corrected chi connectivity index (χ3v) is 3.01. The summed E-state index contributed by atoms with van der Waals surface area (Å²) < 4.78 is 13.9. The monoisotopic (exact) mass is 307 g/mol. The van der Waals surface area contributed by atoms with Crippen LogP contribution in [-0.4, -0.2) is 10.5 Å². The molecule has 0 saturated carbocycles. The molecule has 1 heterocycles. The number of hydrogen-bond donors (Lipinski definition) is 2. The van der Waals surface area contributed by atoms with Crippen molar-refractivity contribution in [3.05, 3.63) is 52.8 Å². The van der Waals surface area contributed by atoms with Gasteiger partial charge in [-0.1, -0.05) is 41.9 Å². The highest BCUT2D eigenvalue weighted by molar-refractivity contribution is 6.33. The number of hydrogen-bond acceptors (Lipinski definition) is 3. The summed E-state index contributed by atoms with van der Waals surface area (Å²) >= 11 is 6.05. The molecule has 0 spiro atoms. The molecule has 0 aliphatic heterocycles. The number of pyridine rings is 1. The highest BCUT2D eigenvalue weighted by Crippen LogP contribution is 2.26. The van der Waals surface area contributed by atoms with Gasteiger partial charge in [-0.05, 0) is 26.3 Å². The first kappa shape index (κ1) is 15.6. The van der Waals surface area contributed by atoms with Crippen LogP contribution in [0.3, 0.4) is 0 Å². The summed E-state index contributed by atoms with van der Waals surface area (Å²) in [7, 11) is 0. The second-order valence-electron chi connectivity index (χ2n) is 5.86. The minimum atomic E-state index is -0.458. The van der Waals surface area contributed by atoms with E-state index >= 15 is 0 Å². The molecule has 5 heteroatoms. The van der Waals surface area contributed by atoms with Gasteiger partial charge < -0.3 is 10.6 Å². The van der Waals surface area contributed by atoms with E-state index in [1.54, 1.807) is 0 Å². The van der Waals surface area contributed by atoms with Gasteiger partial charge >= 0.3 is 0 Å². The Morgan fingerprint density at radius 3 is 2.43 bits per heavy atom. The Morgan fingerprint density at radius 1 is 1.14 bits per heavy atom. The van der Waals surface area contributed by atoms with Crippen LogP contribution in [0, 0.1) is 5.82 Å². The zero-order chi connectivity index (χ0) is 15.5. The molecule has 0 fully saturated rings. The maximum Gasteiger partial charge on any atom is 0.167 e. The minimum absolute atomic E-state index is 0.197. The summed E-state index contributed by atoms with van der Waals surface area (Å²) in [5, 5.41) is 6.43. The Hall–Kier alpha value is -1.81. The topological polar surface area (TPSA) is 37.0 Å². The summed E-state index contributed by atoms with van der Waals surface area (Å²) in [6.07, 6.45) is 0. The number of nitrogens with one attached hydrogen (secondary N) is 2. The summed E-state index contributed by atoms with van der Waals surface area (Å²) in [5.41, 5.74) is 0.822. The van der Waals surface area contributed by atoms with Crippen LogP contribution in [0.5, 0.6) is 0 Å². The van der Waals surface area contributed by atoms with Gasteiger partial charge in [-0.25, -0.2) is 9.37 Å². The average molecular weight is 308 g/mol. The van der Waals surface area contributed by atoms with E-state index < -0.39 is 5.82 Å². The molecule has 0 radical (unpaired) electrons. The Morgan fingerprint density at radius 2 is 1.81 bits per heavy atom. The predicted octanol–water partition coefficient (Wildman–Crippen LogP) is 4.70. The Kier molecular flexibility index (Phi) is 4.68. The Bertz CT molecular complexity index is 609. The molecule has 2 rings (SSSR count). The molecule has 0 saturated heterocycles. The maximum absolute atomic E-state index is 13.9. The third-order valence-electron chi connectivity index (χ3n) is 2.73. The van der Waals surface area contributed by atoms with Crippen LogP contribution in [0.4, 0.5) is 16.0 Å². The summed E-state index contributed by atoms with van der Waals surface area (Å²) in [5.74, 6) is 0.205. The van der Waals surface area contributed by atoms with E-state index in [1.807, 2.05) is 51.1 Å². The van der Waals surface area contributed by atoms with Crippen molar-refractivity contribution in [1.29, 1.82) is 0 Å². The lowest BCUT2D eigenvalue weighted by Crippen LogP contribution is -2.27. The SMILES string of the molecule is CC(C)(C)Nc1nc(NCc2ccccc2)c(Cl)cc1F. The first-order chi connectivity index (χ1) is 9.85. The van der Waals surface area contributed by atoms with E-state index in [4.69, 9.17) is 11.6 Å². The summed E-state index contributed by atoms with van der Waals surface area (Å²) in [4.78, 5) is 4.24. The van der Waals surface area contributed by atoms with Crippen molar-refractivity contribution >= 4 is 23.2 Å². The zero-order valence-electron chi connectivity index (χ0n) is 12.4. The first-order valence-corrected chi connectivity index (χ1v) is 7.15. The number of anilines is 2. The minimum Gasteiger partial charge on any atom is -0.365 e. The number of nitrogens with zero attached hydrogens (tertiary/aromatic N) is 1. The largest absolute Gasteiger partial charge is 0.365 e. The summed E-state index contributed by atoms with van der Waals surface area (Å²) in [6.45, 7) is 6.41. The molecule has 0 aliphatic rings. The second kappa shape index (κ2) is 6.31. The molecule has 0 atom stereocenters. The van der Waals surface area contributed by atoms with Crippen molar-refractivity contribution in [2.24, 2.45) is 0 Å². The van der Waals surface area contributed by atoms with Gasteiger partial charge in [-0.15, -0.1) is 0 Å². The van der Waals surface area contributed by atoms with Crippen molar-refractivity contribution in [3.8, 4) is 0 Å². The lowest BCUT2D eigenvalue weighted by molar-refractivity contribution is 0.591. The van der Waals surface area contributed by atoms with Gasteiger partial charge in [0.05, 0.1) is 5.02 Å². The number of benzene rings is 1. The quantitative estimate of drug-likeness (QED) is 0.860. The third kappa shape index (κ3) is 4.60. The lowest BCUT2D eigenvalue weighted by Gasteiger charge is -2.22. The Labute approximate surface area is 129 Å². The highest BCUT2D eigenvalue weighted by Gasteiger charge is 2.16. The van der Waals surface area contributed by atoms with Gasteiger partial charge in [0.1, 0.15) is 5.82 Å². The number of halogens is 2. The standard InChI is InChI=1S/C16H19ClFN3/c1-16(2,3)21-15-13(18)9-12(17)14(20-15)19-10-11-7-5-4-6-8-11/h4-9H,10H2,1-3H3,(H2,19,20,21). The smallest absolute Gasteiger partial charge is 0.167 e. The maximum atomic E-state index is 13.9. The molecule has 1 aromatic carbocycles. The van der Waals surface area contributed by atoms with Crippen molar-refractivity contribution in [2.45, 2.75) is 32.9 Å². The van der Waals surface area contributed by atoms with E-state index in [0.29, 0.717) is 12.4 Å². The van der Waals surface area contributed by atoms with Gasteiger partial charge in [0.25, 0.3) is 0 Å². The zero-order valence-corrected chi connectivity index (χ0v) is 13.1. The van der Waals surface area contributed by atoms with Gasteiger partial charge in [0.15, 0.2) is 11.6 Å². The molecule has 0 bridgehead atoms. The van der Waals surface area contributed by atoms with Crippen LogP contribution in [-0.2, 0) is 6.54 Å². The second-order valence-corrected chi connectivity index (χ2v) is 6.27. The molecule has 112 valence electrons. The van der Waals surface area contributed by atoms with E-state index in [0.717, 1.165) is 5.56 Å². The first-order valence-electron chi connectivity index (χ1n) is 6.77. The molecule has 0 aliphatic carbocycles. The van der Waals surface area contributed by atoms with Crippen molar-refractivity contribution in [3.63, 3.8) is 0 Å². The van der Waals surface area contributed by atoms with Crippen molar-refractivity contribution in [2.75, 3.05) is 10.6 Å². The molecule has 21 heavy (non-hydrogen) atoms. The molecular formula is C16H19ClFN3. The van der Waals surface area contributed by atoms with E-state index in [-0.39, 0.29) is 16.4 Å². The fourth-order valence-corrected chi connectivity index (χ4v) is 2.02. The molecule has 0 unspecified atom stereocenters. The number of aromatic nitrogens is 1. The summed E-state index contributed by atoms with van der Waals surface area (Å²) in [6, 6.07) is 11.2. The van der Waals surface area contributed by atoms with Gasteiger partial charge in [0, 0.05) is 18.2 Å². The molecule has 3 nitrogen and oxygen atoms in total. The fraction of sp³-hybridized carbons (Fsp3) is 0.312. The highest BCUT2D eigenvalue weighted by atomic mass is 35.5. The molecule has 2 aromatic rings. The predicted molar refractivity (Wildman–Crippen MR) is 86.3 cm³/mol. The van der Waals surface area contributed by atoms with E-state index in [9.17, 15) is 4.39 Å². The molecule has 0 amide bonds. The van der Waals surface area contributed by atoms with Gasteiger partial charge in [-0.3, -0.25) is 0 Å². The van der Waals surface area contributed by atoms with Crippen LogP contribution < -0.4 is 10.6 Å². The van der Waals surface area contributed by atoms with Crippen LogP contribution >= 0.6 is 11.6 Å². The van der Waals surface area contributed by atoms with Crippen molar-refractivity contribution < 1.29 is 4.39 Å². The normalized spacial score (nSPS) is 11.3. The van der Waals surface area contributed by atoms with Crippen LogP contribution in [0.25, 0.3) is 0 Å². The fourth-order valence-electron chi connectivity index (χ4n) is 1.82. The van der Waals surface area contributed by atoms with Crippen molar-refractivity contribution in [1.82, 2.24) is 4.98 Å². The van der Waals surface area contributed by atoms with Gasteiger partial charge in [0.2, 0.25) is 0 Å². The Balaban J connectivity index is 2.17. The van der Waals surface area contributed by atoms with Crippen LogP contribution in [0.1, 0.15) is 26.3 Å². The van der Waals surface area contributed by atoms with Crippen LogP contribution in [0.2, 0.25) is 5.02 Å². The lowest BCUT2D eigenvalue weighted by atomic mass is 10.1. The van der Waals surface area contributed by atoms with E-state index in [1.165, 1.54) is 6.07 Å². The van der Waals surface area contributed by atoms with E-state index in [2.05, 4.69) is 15.6 Å². The average Bonchev–Trinajstić information content (AvgIpc) is 2.40. The molecular weight excluding hydrogens is 289 g/mol. The molecule has 2 N–H and O–H groups in total. The molecule has 1 aromatic heterocycles.